The van der Waals surface area contributed by atoms with Crippen molar-refractivity contribution in [3.63, 3.8) is 0 Å². The monoisotopic (exact) mass is 290 g/mol. The predicted molar refractivity (Wildman–Crippen MR) is 66.9 cm³/mol. The summed E-state index contributed by atoms with van der Waals surface area (Å²) in [4.78, 5) is -0.352. The Kier molecular flexibility index (Phi) is 3.89. The highest BCUT2D eigenvalue weighted by molar-refractivity contribution is 7.89. The summed E-state index contributed by atoms with van der Waals surface area (Å²) >= 11 is 0. The first-order valence-electron chi connectivity index (χ1n) is 6.02. The van der Waals surface area contributed by atoms with E-state index < -0.39 is 21.7 Å². The van der Waals surface area contributed by atoms with Gasteiger partial charge in [-0.1, -0.05) is 0 Å². The molecule has 1 saturated heterocycles. The molecule has 0 radical (unpaired) electrons. The highest BCUT2D eigenvalue weighted by Gasteiger charge is 2.34. The van der Waals surface area contributed by atoms with Crippen molar-refractivity contribution in [2.75, 3.05) is 13.1 Å². The Hall–Kier alpha value is -1.05. The number of nitrogens with two attached hydrogens (primary N) is 1. The van der Waals surface area contributed by atoms with Crippen molar-refractivity contribution in [3.05, 3.63) is 29.8 Å². The van der Waals surface area contributed by atoms with Gasteiger partial charge in [-0.2, -0.15) is 4.31 Å². The molecule has 0 saturated carbocycles. The van der Waals surface area contributed by atoms with E-state index in [4.69, 9.17) is 5.73 Å². The summed E-state index contributed by atoms with van der Waals surface area (Å²) in [6.45, 7) is 2.44. The lowest BCUT2D eigenvalue weighted by Crippen LogP contribution is -2.33. The second-order valence-electron chi connectivity index (χ2n) is 4.88. The maximum Gasteiger partial charge on any atom is 0.243 e. The molecule has 0 spiro atoms. The second-order valence-corrected chi connectivity index (χ2v) is 6.81. The third-order valence-corrected chi connectivity index (χ3v) is 5.25. The van der Waals surface area contributed by atoms with Crippen molar-refractivity contribution in [2.45, 2.75) is 24.3 Å². The molecule has 19 heavy (non-hydrogen) atoms. The van der Waals surface area contributed by atoms with E-state index in [1.54, 1.807) is 0 Å². The van der Waals surface area contributed by atoms with Crippen molar-refractivity contribution in [1.82, 2.24) is 4.31 Å². The average molecular weight is 290 g/mol. The molecule has 1 aromatic rings. The van der Waals surface area contributed by atoms with E-state index in [-0.39, 0.29) is 23.4 Å². The maximum absolute atomic E-state index is 13.1. The summed E-state index contributed by atoms with van der Waals surface area (Å²) in [5, 5.41) is 0. The number of sulfonamides is 1. The van der Waals surface area contributed by atoms with Gasteiger partial charge in [-0.15, -0.1) is 0 Å². The zero-order valence-corrected chi connectivity index (χ0v) is 11.3. The molecular weight excluding hydrogens is 274 g/mol. The fourth-order valence-corrected chi connectivity index (χ4v) is 3.78. The number of benzene rings is 1. The number of nitrogens with zero attached hydrogens (tertiary/aromatic N) is 1. The van der Waals surface area contributed by atoms with Crippen molar-refractivity contribution in [1.29, 1.82) is 0 Å². The minimum absolute atomic E-state index is 0.0770. The molecule has 2 atom stereocenters. The third-order valence-electron chi connectivity index (χ3n) is 3.40. The summed E-state index contributed by atoms with van der Waals surface area (Å²) in [5.74, 6) is -1.73. The molecule has 1 aromatic carbocycles. The van der Waals surface area contributed by atoms with E-state index in [0.29, 0.717) is 19.0 Å². The van der Waals surface area contributed by atoms with Gasteiger partial charge in [-0.05, 0) is 31.4 Å². The lowest BCUT2D eigenvalue weighted by molar-refractivity contribution is 0.428. The molecule has 0 bridgehead atoms. The van der Waals surface area contributed by atoms with Gasteiger partial charge in [0.05, 0.1) is 4.90 Å². The zero-order chi connectivity index (χ0) is 14.2. The standard InChI is InChI=1S/C12H16F2N2O2S/c1-8(15)9-2-3-16(7-9)19(17,18)12-5-10(13)4-11(14)6-12/h4-6,8-9H,2-3,7,15H2,1H3. The smallest absolute Gasteiger partial charge is 0.243 e. The molecule has 2 N–H and O–H groups in total. The summed E-state index contributed by atoms with van der Waals surface area (Å²) in [6.07, 6.45) is 0.661. The van der Waals surface area contributed by atoms with E-state index in [1.807, 2.05) is 6.92 Å². The van der Waals surface area contributed by atoms with Gasteiger partial charge in [0, 0.05) is 25.2 Å². The average Bonchev–Trinajstić information content (AvgIpc) is 2.77. The molecule has 1 aliphatic heterocycles. The van der Waals surface area contributed by atoms with E-state index >= 15 is 0 Å². The van der Waals surface area contributed by atoms with Crippen molar-refractivity contribution in [2.24, 2.45) is 11.7 Å². The van der Waals surface area contributed by atoms with Gasteiger partial charge in [0.25, 0.3) is 0 Å². The van der Waals surface area contributed by atoms with E-state index in [9.17, 15) is 17.2 Å². The highest BCUT2D eigenvalue weighted by atomic mass is 32.2. The Labute approximate surface area is 111 Å². The molecule has 0 aliphatic carbocycles. The van der Waals surface area contributed by atoms with Crippen LogP contribution >= 0.6 is 0 Å². The fourth-order valence-electron chi connectivity index (χ4n) is 2.23. The van der Waals surface area contributed by atoms with Crippen LogP contribution in [0.3, 0.4) is 0 Å². The number of rotatable bonds is 3. The molecule has 4 nitrogen and oxygen atoms in total. The minimum Gasteiger partial charge on any atom is -0.328 e. The van der Waals surface area contributed by atoms with E-state index in [0.717, 1.165) is 12.1 Å². The molecule has 2 rings (SSSR count). The van der Waals surface area contributed by atoms with Gasteiger partial charge in [0.2, 0.25) is 10.0 Å². The first-order chi connectivity index (χ1) is 8.80. The molecule has 7 heteroatoms. The molecule has 106 valence electrons. The van der Waals surface area contributed by atoms with Crippen LogP contribution in [0.15, 0.2) is 23.1 Å². The van der Waals surface area contributed by atoms with Crippen LogP contribution in [0.5, 0.6) is 0 Å². The van der Waals surface area contributed by atoms with Crippen molar-refractivity contribution in [3.8, 4) is 0 Å². The van der Waals surface area contributed by atoms with E-state index in [1.165, 1.54) is 4.31 Å². The summed E-state index contributed by atoms with van der Waals surface area (Å²) in [7, 11) is -3.85. The molecule has 1 aliphatic rings. The molecule has 0 aromatic heterocycles. The fraction of sp³-hybridized carbons (Fsp3) is 0.500. The van der Waals surface area contributed by atoms with Gasteiger partial charge in [0.15, 0.2) is 0 Å². The zero-order valence-electron chi connectivity index (χ0n) is 10.5. The Balaban J connectivity index is 2.28. The first kappa shape index (κ1) is 14.4. The maximum atomic E-state index is 13.1. The van der Waals surface area contributed by atoms with Crippen LogP contribution in [-0.4, -0.2) is 31.9 Å². The molecule has 1 heterocycles. The third kappa shape index (κ3) is 2.93. The lowest BCUT2D eigenvalue weighted by Gasteiger charge is -2.18. The predicted octanol–water partition coefficient (Wildman–Crippen LogP) is 1.32. The molecule has 0 amide bonds. The quantitative estimate of drug-likeness (QED) is 0.913. The van der Waals surface area contributed by atoms with Crippen LogP contribution in [-0.2, 0) is 10.0 Å². The summed E-state index contributed by atoms with van der Waals surface area (Å²) in [5.41, 5.74) is 5.75. The first-order valence-corrected chi connectivity index (χ1v) is 7.46. The topological polar surface area (TPSA) is 63.4 Å². The summed E-state index contributed by atoms with van der Waals surface area (Å²) < 4.78 is 52.0. The van der Waals surface area contributed by atoms with Crippen LogP contribution in [0.4, 0.5) is 8.78 Å². The van der Waals surface area contributed by atoms with Gasteiger partial charge < -0.3 is 5.73 Å². The van der Waals surface area contributed by atoms with Crippen LogP contribution in [0.2, 0.25) is 0 Å². The van der Waals surface area contributed by atoms with Crippen molar-refractivity contribution >= 4 is 10.0 Å². The number of hydrogen-bond acceptors (Lipinski definition) is 3. The lowest BCUT2D eigenvalue weighted by atomic mass is 10.0. The van der Waals surface area contributed by atoms with Crippen molar-refractivity contribution < 1.29 is 17.2 Å². The van der Waals surface area contributed by atoms with Crippen LogP contribution in [0, 0.1) is 17.6 Å². The van der Waals surface area contributed by atoms with Gasteiger partial charge >= 0.3 is 0 Å². The Morgan fingerprint density at radius 1 is 1.32 bits per heavy atom. The minimum atomic E-state index is -3.85. The van der Waals surface area contributed by atoms with Crippen LogP contribution in [0.25, 0.3) is 0 Å². The summed E-state index contributed by atoms with van der Waals surface area (Å²) in [6, 6.07) is 2.20. The Morgan fingerprint density at radius 2 is 1.89 bits per heavy atom. The Morgan fingerprint density at radius 3 is 2.37 bits per heavy atom. The molecule has 2 unspecified atom stereocenters. The van der Waals surface area contributed by atoms with Gasteiger partial charge in [0.1, 0.15) is 11.6 Å². The van der Waals surface area contributed by atoms with E-state index in [2.05, 4.69) is 0 Å². The van der Waals surface area contributed by atoms with Crippen LogP contribution in [0.1, 0.15) is 13.3 Å². The molecule has 1 fully saturated rings. The largest absolute Gasteiger partial charge is 0.328 e. The van der Waals surface area contributed by atoms with Gasteiger partial charge in [-0.25, -0.2) is 17.2 Å². The second kappa shape index (κ2) is 5.15. The Bertz CT molecular complexity index is 555. The van der Waals surface area contributed by atoms with Gasteiger partial charge in [-0.3, -0.25) is 0 Å². The normalized spacial score (nSPS) is 22.6. The molecular formula is C12H16F2N2O2S. The number of hydrogen-bond donors (Lipinski definition) is 1. The SMILES string of the molecule is CC(N)C1CCN(S(=O)(=O)c2cc(F)cc(F)c2)C1. The van der Waals surface area contributed by atoms with Crippen LogP contribution < -0.4 is 5.73 Å². The number of halogens is 2. The highest BCUT2D eigenvalue weighted by Crippen LogP contribution is 2.26.